The van der Waals surface area contributed by atoms with E-state index in [1.54, 1.807) is 0 Å². The number of alkyl halides is 3. The zero-order chi connectivity index (χ0) is 10.8. The van der Waals surface area contributed by atoms with Crippen molar-refractivity contribution in [1.82, 2.24) is 4.98 Å². The molecule has 5 heteroatoms. The molecule has 0 bridgehead atoms. The molecule has 1 unspecified atom stereocenters. The van der Waals surface area contributed by atoms with Gasteiger partial charge in [-0.3, -0.25) is 4.98 Å². The largest absolute Gasteiger partial charge is 0.417 e. The number of halogens is 3. The summed E-state index contributed by atoms with van der Waals surface area (Å²) in [6.07, 6.45) is -2.87. The summed E-state index contributed by atoms with van der Waals surface area (Å²) in [7, 11) is 0. The molecule has 1 atom stereocenters. The highest BCUT2D eigenvalue weighted by Gasteiger charge is 2.30. The van der Waals surface area contributed by atoms with Crippen molar-refractivity contribution in [3.63, 3.8) is 0 Å². The summed E-state index contributed by atoms with van der Waals surface area (Å²) in [5, 5.41) is 0. The summed E-state index contributed by atoms with van der Waals surface area (Å²) in [4.78, 5) is 3.67. The van der Waals surface area contributed by atoms with Gasteiger partial charge in [-0.15, -0.1) is 0 Å². The molecule has 1 heterocycles. The minimum Gasteiger partial charge on any atom is -0.323 e. The Bertz CT molecular complexity index is 292. The van der Waals surface area contributed by atoms with Crippen LogP contribution in [0, 0.1) is 0 Å². The number of nitrogens with two attached hydrogens (primary N) is 1. The average molecular weight is 204 g/mol. The number of rotatable bonds is 2. The van der Waals surface area contributed by atoms with Gasteiger partial charge in [-0.2, -0.15) is 13.2 Å². The Morgan fingerprint density at radius 1 is 1.43 bits per heavy atom. The molecule has 2 nitrogen and oxygen atoms in total. The fourth-order valence-corrected chi connectivity index (χ4v) is 1.00. The number of hydrogen-bond donors (Lipinski definition) is 1. The maximum absolute atomic E-state index is 12.1. The van der Waals surface area contributed by atoms with Crippen molar-refractivity contribution in [1.29, 1.82) is 0 Å². The summed E-state index contributed by atoms with van der Waals surface area (Å²) >= 11 is 0. The molecular weight excluding hydrogens is 193 g/mol. The second-order valence-corrected chi connectivity index (χ2v) is 2.98. The minimum absolute atomic E-state index is 0.294. The summed E-state index contributed by atoms with van der Waals surface area (Å²) < 4.78 is 36.4. The lowest BCUT2D eigenvalue weighted by atomic mass is 10.1. The Morgan fingerprint density at radius 3 is 2.43 bits per heavy atom. The van der Waals surface area contributed by atoms with E-state index >= 15 is 0 Å². The van der Waals surface area contributed by atoms with Crippen LogP contribution in [0.1, 0.15) is 30.6 Å². The lowest BCUT2D eigenvalue weighted by Gasteiger charge is -2.10. The minimum atomic E-state index is -4.33. The summed E-state index contributed by atoms with van der Waals surface area (Å²) in [6, 6.07) is 2.02. The second kappa shape index (κ2) is 3.96. The average Bonchev–Trinajstić information content (AvgIpc) is 2.15. The Morgan fingerprint density at radius 2 is 2.07 bits per heavy atom. The number of aromatic nitrogens is 1. The number of nitrogens with zero attached hydrogens (tertiary/aromatic N) is 1. The first-order valence-electron chi connectivity index (χ1n) is 4.24. The first kappa shape index (κ1) is 11.0. The van der Waals surface area contributed by atoms with Crippen molar-refractivity contribution >= 4 is 0 Å². The summed E-state index contributed by atoms with van der Waals surface area (Å²) in [5.74, 6) is 0. The predicted octanol–water partition coefficient (Wildman–Crippen LogP) is 2.51. The van der Waals surface area contributed by atoms with Crippen LogP contribution in [-0.2, 0) is 6.18 Å². The van der Waals surface area contributed by atoms with Gasteiger partial charge in [-0.1, -0.05) is 6.92 Å². The van der Waals surface area contributed by atoms with Crippen LogP contribution in [0.5, 0.6) is 0 Å². The molecule has 0 aliphatic carbocycles. The fourth-order valence-electron chi connectivity index (χ4n) is 1.00. The topological polar surface area (TPSA) is 38.9 Å². The summed E-state index contributed by atoms with van der Waals surface area (Å²) in [6.45, 7) is 1.85. The van der Waals surface area contributed by atoms with Gasteiger partial charge in [0.1, 0.15) is 0 Å². The van der Waals surface area contributed by atoms with Crippen molar-refractivity contribution in [2.45, 2.75) is 25.6 Å². The molecule has 0 saturated heterocycles. The van der Waals surface area contributed by atoms with E-state index in [1.807, 2.05) is 6.92 Å². The molecule has 2 N–H and O–H groups in total. The zero-order valence-electron chi connectivity index (χ0n) is 7.67. The Balaban J connectivity index is 2.89. The molecule has 14 heavy (non-hydrogen) atoms. The van der Waals surface area contributed by atoms with Crippen LogP contribution in [-0.4, -0.2) is 4.98 Å². The number of pyridine rings is 1. The molecule has 0 amide bonds. The number of hydrogen-bond acceptors (Lipinski definition) is 2. The van der Waals surface area contributed by atoms with Crippen LogP contribution in [0.4, 0.5) is 13.2 Å². The molecule has 0 radical (unpaired) electrons. The Hall–Kier alpha value is -1.10. The lowest BCUT2D eigenvalue weighted by molar-refractivity contribution is -0.137. The van der Waals surface area contributed by atoms with E-state index in [2.05, 4.69) is 4.98 Å². The zero-order valence-corrected chi connectivity index (χ0v) is 7.67. The maximum Gasteiger partial charge on any atom is 0.417 e. The molecule has 78 valence electrons. The molecule has 1 aromatic heterocycles. The van der Waals surface area contributed by atoms with Gasteiger partial charge >= 0.3 is 6.18 Å². The van der Waals surface area contributed by atoms with Gasteiger partial charge in [0.2, 0.25) is 0 Å². The molecular formula is C9H11F3N2. The van der Waals surface area contributed by atoms with Crippen LogP contribution >= 0.6 is 0 Å². The van der Waals surface area contributed by atoms with Gasteiger partial charge in [0, 0.05) is 12.2 Å². The Kier molecular flexibility index (Phi) is 3.10. The van der Waals surface area contributed by atoms with Gasteiger partial charge in [0.05, 0.1) is 11.3 Å². The molecule has 1 aromatic rings. The molecule has 0 saturated carbocycles. The van der Waals surface area contributed by atoms with Crippen molar-refractivity contribution < 1.29 is 13.2 Å². The molecule has 1 rings (SSSR count). The third-order valence-corrected chi connectivity index (χ3v) is 1.93. The van der Waals surface area contributed by atoms with Crippen molar-refractivity contribution in [2.24, 2.45) is 5.73 Å². The SMILES string of the molecule is CCC(N)c1ccc(C(F)(F)F)cn1. The lowest BCUT2D eigenvalue weighted by Crippen LogP contribution is -2.12. The van der Waals surface area contributed by atoms with Gasteiger partial charge in [0.25, 0.3) is 0 Å². The third-order valence-electron chi connectivity index (χ3n) is 1.93. The first-order valence-corrected chi connectivity index (χ1v) is 4.24. The van der Waals surface area contributed by atoms with Crippen molar-refractivity contribution in [2.75, 3.05) is 0 Å². The molecule has 0 aromatic carbocycles. The highest BCUT2D eigenvalue weighted by molar-refractivity contribution is 5.18. The monoisotopic (exact) mass is 204 g/mol. The van der Waals surface area contributed by atoms with Crippen molar-refractivity contribution in [3.8, 4) is 0 Å². The van der Waals surface area contributed by atoms with Crippen LogP contribution in [0.15, 0.2) is 18.3 Å². The van der Waals surface area contributed by atoms with Gasteiger partial charge in [0.15, 0.2) is 0 Å². The smallest absolute Gasteiger partial charge is 0.323 e. The standard InChI is InChI=1S/C9H11F3N2/c1-2-7(13)8-4-3-6(5-14-8)9(10,11)12/h3-5,7H,2,13H2,1H3. The van der Waals surface area contributed by atoms with Crippen LogP contribution < -0.4 is 5.73 Å². The van der Waals surface area contributed by atoms with Crippen LogP contribution in [0.3, 0.4) is 0 Å². The van der Waals surface area contributed by atoms with E-state index in [0.717, 1.165) is 12.3 Å². The fraction of sp³-hybridized carbons (Fsp3) is 0.444. The van der Waals surface area contributed by atoms with E-state index in [0.29, 0.717) is 12.1 Å². The second-order valence-electron chi connectivity index (χ2n) is 2.98. The maximum atomic E-state index is 12.1. The van der Waals surface area contributed by atoms with E-state index in [1.165, 1.54) is 6.07 Å². The highest BCUT2D eigenvalue weighted by atomic mass is 19.4. The summed E-state index contributed by atoms with van der Waals surface area (Å²) in [5.41, 5.74) is 5.35. The van der Waals surface area contributed by atoms with Crippen molar-refractivity contribution in [3.05, 3.63) is 29.6 Å². The highest BCUT2D eigenvalue weighted by Crippen LogP contribution is 2.28. The third kappa shape index (κ3) is 2.45. The van der Waals surface area contributed by atoms with Crippen LogP contribution in [0.25, 0.3) is 0 Å². The normalized spacial score (nSPS) is 14.1. The quantitative estimate of drug-likeness (QED) is 0.803. The van der Waals surface area contributed by atoms with Crippen LogP contribution in [0.2, 0.25) is 0 Å². The molecule has 0 fully saturated rings. The molecule has 0 spiro atoms. The molecule has 0 aliphatic rings. The van der Waals surface area contributed by atoms with Gasteiger partial charge in [-0.25, -0.2) is 0 Å². The van der Waals surface area contributed by atoms with E-state index in [-0.39, 0.29) is 6.04 Å². The van der Waals surface area contributed by atoms with Gasteiger partial charge < -0.3 is 5.73 Å². The van der Waals surface area contributed by atoms with Gasteiger partial charge in [-0.05, 0) is 18.6 Å². The Labute approximate surface area is 79.9 Å². The van der Waals surface area contributed by atoms with E-state index < -0.39 is 11.7 Å². The first-order chi connectivity index (χ1) is 6.45. The predicted molar refractivity (Wildman–Crippen MR) is 46.5 cm³/mol. The van der Waals surface area contributed by atoms with E-state index in [9.17, 15) is 13.2 Å². The molecule has 0 aliphatic heterocycles. The van der Waals surface area contributed by atoms with E-state index in [4.69, 9.17) is 5.73 Å².